The van der Waals surface area contributed by atoms with Crippen LogP contribution < -0.4 is 10.5 Å². The minimum Gasteiger partial charge on any atom is -0.489 e. The highest BCUT2D eigenvalue weighted by atomic mass is 32.2. The Morgan fingerprint density at radius 1 is 1.26 bits per heavy atom. The number of fused-ring (bicyclic) bond motifs is 1. The minimum absolute atomic E-state index is 0.0537. The standard InChI is InChI=1S/C19H21FN2O4S/c1-22(12-19(21)23)11-15-7-5-13-6-8-17(10-18(13)26-15)27(24,25)16-4-2-3-14(20)9-16/h2-4,6,8-10,15H,5,7,11-12H2,1H3,(H2,21,23). The minimum atomic E-state index is -3.84. The molecule has 0 radical (unpaired) electrons. The number of carbonyl (C=O) groups is 1. The molecule has 1 unspecified atom stereocenters. The first-order chi connectivity index (χ1) is 12.8. The molecule has 2 N–H and O–H groups in total. The summed E-state index contributed by atoms with van der Waals surface area (Å²) in [5.74, 6) is -0.531. The quantitative estimate of drug-likeness (QED) is 0.809. The van der Waals surface area contributed by atoms with Crippen LogP contribution in [0.15, 0.2) is 52.3 Å². The van der Waals surface area contributed by atoms with Crippen molar-refractivity contribution in [2.45, 2.75) is 28.7 Å². The zero-order valence-corrected chi connectivity index (χ0v) is 15.7. The maximum absolute atomic E-state index is 13.4. The molecule has 0 spiro atoms. The summed E-state index contributed by atoms with van der Waals surface area (Å²) in [4.78, 5) is 12.7. The van der Waals surface area contributed by atoms with Gasteiger partial charge in [0.25, 0.3) is 0 Å². The lowest BCUT2D eigenvalue weighted by Gasteiger charge is -2.29. The summed E-state index contributed by atoms with van der Waals surface area (Å²) in [6, 6.07) is 9.64. The van der Waals surface area contributed by atoms with Crippen molar-refractivity contribution < 1.29 is 22.3 Å². The van der Waals surface area contributed by atoms with Crippen LogP contribution in [0, 0.1) is 5.82 Å². The van der Waals surface area contributed by atoms with Gasteiger partial charge in [0.2, 0.25) is 15.7 Å². The van der Waals surface area contributed by atoms with E-state index in [1.807, 2.05) is 0 Å². The van der Waals surface area contributed by atoms with Gasteiger partial charge in [-0.2, -0.15) is 0 Å². The zero-order valence-electron chi connectivity index (χ0n) is 14.9. The molecule has 0 aromatic heterocycles. The Balaban J connectivity index is 1.82. The van der Waals surface area contributed by atoms with E-state index in [2.05, 4.69) is 0 Å². The van der Waals surface area contributed by atoms with Gasteiger partial charge in [-0.3, -0.25) is 9.69 Å². The SMILES string of the molecule is CN(CC(N)=O)CC1CCc2ccc(S(=O)(=O)c3cccc(F)c3)cc2O1. The van der Waals surface area contributed by atoms with Crippen LogP contribution in [0.3, 0.4) is 0 Å². The molecule has 1 amide bonds. The van der Waals surface area contributed by atoms with Gasteiger partial charge in [-0.15, -0.1) is 0 Å². The number of amides is 1. The molecular weight excluding hydrogens is 371 g/mol. The number of carbonyl (C=O) groups excluding carboxylic acids is 1. The Labute approximate surface area is 157 Å². The van der Waals surface area contributed by atoms with Crippen LogP contribution in [-0.4, -0.2) is 45.5 Å². The zero-order chi connectivity index (χ0) is 19.6. The van der Waals surface area contributed by atoms with Crippen LogP contribution in [0.2, 0.25) is 0 Å². The molecule has 0 aliphatic carbocycles. The molecule has 1 aliphatic heterocycles. The Morgan fingerprint density at radius 2 is 2.00 bits per heavy atom. The first-order valence-corrected chi connectivity index (χ1v) is 10.0. The molecule has 0 fully saturated rings. The van der Waals surface area contributed by atoms with Crippen LogP contribution in [0.25, 0.3) is 0 Å². The van der Waals surface area contributed by atoms with E-state index in [-0.39, 0.29) is 22.4 Å². The summed E-state index contributed by atoms with van der Waals surface area (Å²) in [6.45, 7) is 0.629. The summed E-state index contributed by atoms with van der Waals surface area (Å²) in [5.41, 5.74) is 6.11. The molecule has 3 rings (SSSR count). The van der Waals surface area contributed by atoms with Crippen LogP contribution >= 0.6 is 0 Å². The number of primary amides is 1. The summed E-state index contributed by atoms with van der Waals surface area (Å²) in [5, 5.41) is 0. The molecular formula is C19H21FN2O4S. The van der Waals surface area contributed by atoms with E-state index in [0.717, 1.165) is 24.5 Å². The second kappa shape index (κ2) is 7.66. The molecule has 8 heteroatoms. The van der Waals surface area contributed by atoms with Crippen LogP contribution in [0.4, 0.5) is 4.39 Å². The fourth-order valence-corrected chi connectivity index (χ4v) is 4.46. The fraction of sp³-hybridized carbons (Fsp3) is 0.316. The second-order valence-electron chi connectivity index (χ2n) is 6.67. The predicted molar refractivity (Wildman–Crippen MR) is 97.7 cm³/mol. The third kappa shape index (κ3) is 4.45. The number of hydrogen-bond donors (Lipinski definition) is 1. The van der Waals surface area contributed by atoms with Crippen molar-refractivity contribution in [3.63, 3.8) is 0 Å². The van der Waals surface area contributed by atoms with Crippen molar-refractivity contribution in [3.8, 4) is 5.75 Å². The third-order valence-electron chi connectivity index (χ3n) is 4.43. The van der Waals surface area contributed by atoms with Gasteiger partial charge >= 0.3 is 0 Å². The Hall–Kier alpha value is -2.45. The normalized spacial score (nSPS) is 16.6. The number of rotatable bonds is 6. The number of nitrogens with two attached hydrogens (primary N) is 1. The monoisotopic (exact) mass is 392 g/mol. The Kier molecular flexibility index (Phi) is 5.48. The maximum atomic E-state index is 13.4. The van der Waals surface area contributed by atoms with E-state index in [4.69, 9.17) is 10.5 Å². The number of ether oxygens (including phenoxy) is 1. The van der Waals surface area contributed by atoms with E-state index in [1.165, 1.54) is 30.3 Å². The highest BCUT2D eigenvalue weighted by molar-refractivity contribution is 7.91. The van der Waals surface area contributed by atoms with E-state index in [9.17, 15) is 17.6 Å². The molecule has 1 heterocycles. The molecule has 6 nitrogen and oxygen atoms in total. The molecule has 1 aliphatic rings. The third-order valence-corrected chi connectivity index (χ3v) is 6.17. The highest BCUT2D eigenvalue weighted by Crippen LogP contribution is 2.32. The average Bonchev–Trinajstić information content (AvgIpc) is 2.60. The number of hydrogen-bond acceptors (Lipinski definition) is 5. The van der Waals surface area contributed by atoms with Crippen LogP contribution in [0.5, 0.6) is 5.75 Å². The molecule has 2 aromatic rings. The van der Waals surface area contributed by atoms with Gasteiger partial charge in [-0.1, -0.05) is 12.1 Å². The molecule has 27 heavy (non-hydrogen) atoms. The van der Waals surface area contributed by atoms with Gasteiger partial charge in [0, 0.05) is 6.54 Å². The fourth-order valence-electron chi connectivity index (χ4n) is 3.15. The summed E-state index contributed by atoms with van der Waals surface area (Å²) >= 11 is 0. The molecule has 0 bridgehead atoms. The number of likely N-dealkylation sites (N-methyl/N-ethyl adjacent to an activating group) is 1. The van der Waals surface area contributed by atoms with Gasteiger partial charge < -0.3 is 10.5 Å². The lowest BCUT2D eigenvalue weighted by molar-refractivity contribution is -0.119. The maximum Gasteiger partial charge on any atom is 0.231 e. The van der Waals surface area contributed by atoms with Crippen molar-refractivity contribution >= 4 is 15.7 Å². The molecule has 2 aromatic carbocycles. The second-order valence-corrected chi connectivity index (χ2v) is 8.62. The number of aryl methyl sites for hydroxylation is 1. The number of halogens is 1. The summed E-state index contributed by atoms with van der Waals surface area (Å²) < 4.78 is 44.9. The van der Waals surface area contributed by atoms with Gasteiger partial charge in [0.15, 0.2) is 0 Å². The van der Waals surface area contributed by atoms with Crippen molar-refractivity contribution in [1.29, 1.82) is 0 Å². The highest BCUT2D eigenvalue weighted by Gasteiger charge is 2.25. The van der Waals surface area contributed by atoms with Crippen molar-refractivity contribution in [1.82, 2.24) is 4.90 Å². The van der Waals surface area contributed by atoms with Gasteiger partial charge in [0.05, 0.1) is 16.3 Å². The van der Waals surface area contributed by atoms with Gasteiger partial charge in [-0.25, -0.2) is 12.8 Å². The molecule has 144 valence electrons. The smallest absolute Gasteiger partial charge is 0.231 e. The van der Waals surface area contributed by atoms with Crippen molar-refractivity contribution in [3.05, 3.63) is 53.8 Å². The topological polar surface area (TPSA) is 89.7 Å². The van der Waals surface area contributed by atoms with E-state index in [1.54, 1.807) is 18.0 Å². The molecule has 1 atom stereocenters. The summed E-state index contributed by atoms with van der Waals surface area (Å²) in [6.07, 6.45) is 1.32. The Morgan fingerprint density at radius 3 is 2.70 bits per heavy atom. The van der Waals surface area contributed by atoms with Crippen LogP contribution in [-0.2, 0) is 21.1 Å². The lowest BCUT2D eigenvalue weighted by atomic mass is 10.0. The van der Waals surface area contributed by atoms with E-state index >= 15 is 0 Å². The summed E-state index contributed by atoms with van der Waals surface area (Å²) in [7, 11) is -2.07. The first-order valence-electron chi connectivity index (χ1n) is 8.53. The average molecular weight is 392 g/mol. The van der Waals surface area contributed by atoms with E-state index < -0.39 is 21.6 Å². The Bertz CT molecular complexity index is 962. The number of sulfone groups is 1. The van der Waals surface area contributed by atoms with Gasteiger partial charge in [-0.05, 0) is 55.8 Å². The molecule has 0 saturated carbocycles. The van der Waals surface area contributed by atoms with Crippen molar-refractivity contribution in [2.75, 3.05) is 20.1 Å². The number of nitrogens with zero attached hydrogens (tertiary/aromatic N) is 1. The molecule has 0 saturated heterocycles. The van der Waals surface area contributed by atoms with Crippen LogP contribution in [0.1, 0.15) is 12.0 Å². The van der Waals surface area contributed by atoms with Gasteiger partial charge in [0.1, 0.15) is 17.7 Å². The largest absolute Gasteiger partial charge is 0.489 e. The van der Waals surface area contributed by atoms with Crippen molar-refractivity contribution in [2.24, 2.45) is 5.73 Å². The predicted octanol–water partition coefficient (Wildman–Crippen LogP) is 1.77. The van der Waals surface area contributed by atoms with E-state index in [0.29, 0.717) is 12.3 Å². The number of benzene rings is 2. The lowest BCUT2D eigenvalue weighted by Crippen LogP contribution is -2.39. The first kappa shape index (κ1) is 19.3.